The molecule has 5 N–H and O–H groups in total. The first-order valence-electron chi connectivity index (χ1n) is 5.34. The van der Waals surface area contributed by atoms with Crippen LogP contribution in [0.1, 0.15) is 32.4 Å². The van der Waals surface area contributed by atoms with E-state index < -0.39 is 6.10 Å². The summed E-state index contributed by atoms with van der Waals surface area (Å²) in [6, 6.07) is 4.37. The Bertz CT molecular complexity index is 358. The zero-order chi connectivity index (χ0) is 12.3. The zero-order valence-corrected chi connectivity index (χ0v) is 9.94. The topological polar surface area (TPSA) is 77.3 Å². The average Bonchev–Trinajstić information content (AvgIpc) is 2.17. The Balaban J connectivity index is 2.66. The van der Waals surface area contributed by atoms with Crippen molar-refractivity contribution in [2.24, 2.45) is 0 Å². The van der Waals surface area contributed by atoms with E-state index in [0.29, 0.717) is 12.1 Å². The van der Waals surface area contributed by atoms with Gasteiger partial charge in [-0.3, -0.25) is 0 Å². The van der Waals surface area contributed by atoms with E-state index in [1.807, 2.05) is 5.32 Å². The van der Waals surface area contributed by atoms with E-state index >= 15 is 0 Å². The summed E-state index contributed by atoms with van der Waals surface area (Å²) in [6.45, 7) is 6.71. The Morgan fingerprint density at radius 2 is 1.81 bits per heavy atom. The first-order chi connectivity index (χ1) is 7.29. The number of aliphatic hydroxyl groups excluding tert-OH is 1. The highest BCUT2D eigenvalue weighted by molar-refractivity contribution is 5.41. The minimum atomic E-state index is -0.647. The molecule has 0 aliphatic heterocycles. The van der Waals surface area contributed by atoms with Crippen molar-refractivity contribution in [3.63, 3.8) is 0 Å². The summed E-state index contributed by atoms with van der Waals surface area (Å²) in [5.74, 6) is -0.372. The molecule has 90 valence electrons. The Morgan fingerprint density at radius 3 is 2.31 bits per heavy atom. The number of phenolic OH excluding ortho intramolecular Hbond substituents is 2. The predicted molar refractivity (Wildman–Crippen MR) is 61.3 cm³/mol. The molecule has 0 aliphatic rings. The molecule has 0 saturated heterocycles. The van der Waals surface area contributed by atoms with Crippen LogP contribution < -0.4 is 5.32 Å². The number of aliphatic hydroxyl groups is 1. The summed E-state index contributed by atoms with van der Waals surface area (Å²) < 4.78 is 0. The van der Waals surface area contributed by atoms with E-state index in [1.165, 1.54) is 12.1 Å². The molecule has 0 bridgehead atoms. The van der Waals surface area contributed by atoms with E-state index in [0.717, 1.165) is 0 Å². The van der Waals surface area contributed by atoms with Crippen LogP contribution in [0.4, 0.5) is 0 Å². The van der Waals surface area contributed by atoms with E-state index in [-0.39, 0.29) is 17.0 Å². The molecule has 1 aromatic rings. The molecule has 0 radical (unpaired) electrons. The minimum absolute atomic E-state index is 0.0555. The summed E-state index contributed by atoms with van der Waals surface area (Å²) in [6.07, 6.45) is -0.647. The van der Waals surface area contributed by atoms with Gasteiger partial charge in [0.25, 0.3) is 0 Å². The molecule has 16 heavy (non-hydrogen) atoms. The maximum absolute atomic E-state index is 9.88. The number of rotatable bonds is 3. The van der Waals surface area contributed by atoms with Crippen LogP contribution >= 0.6 is 0 Å². The van der Waals surface area contributed by atoms with Crippen LogP contribution in [-0.2, 0) is 0 Å². The summed E-state index contributed by atoms with van der Waals surface area (Å²) in [5.41, 5.74) is 0.663. The maximum atomic E-state index is 9.88. The SMILES string of the molecule is CC(C)(C)[NH2+]CC(O)c1ccc(O)c(O)c1. The van der Waals surface area contributed by atoms with E-state index in [1.54, 1.807) is 6.07 Å². The fourth-order valence-corrected chi connectivity index (χ4v) is 1.35. The number of aromatic hydroxyl groups is 2. The fraction of sp³-hybridized carbons (Fsp3) is 0.500. The third-order valence-corrected chi connectivity index (χ3v) is 2.34. The molecular weight excluding hydrogens is 206 g/mol. The molecule has 4 heteroatoms. The highest BCUT2D eigenvalue weighted by Gasteiger charge is 2.17. The summed E-state index contributed by atoms with van der Waals surface area (Å²) in [5, 5.41) is 30.4. The molecule has 0 saturated carbocycles. The lowest BCUT2D eigenvalue weighted by Crippen LogP contribution is -2.95. The summed E-state index contributed by atoms with van der Waals surface area (Å²) in [7, 11) is 0. The Kier molecular flexibility index (Phi) is 3.78. The number of quaternary nitrogens is 1. The van der Waals surface area contributed by atoms with Gasteiger partial charge in [0.05, 0.1) is 5.54 Å². The van der Waals surface area contributed by atoms with Crippen LogP contribution in [0.15, 0.2) is 18.2 Å². The van der Waals surface area contributed by atoms with Crippen LogP contribution in [0.5, 0.6) is 11.5 Å². The second kappa shape index (κ2) is 4.72. The molecule has 4 nitrogen and oxygen atoms in total. The number of benzene rings is 1. The van der Waals surface area contributed by atoms with Crippen LogP contribution in [0, 0.1) is 0 Å². The van der Waals surface area contributed by atoms with Crippen LogP contribution in [-0.4, -0.2) is 27.4 Å². The van der Waals surface area contributed by atoms with Crippen LogP contribution in [0.2, 0.25) is 0 Å². The van der Waals surface area contributed by atoms with Crippen molar-refractivity contribution in [1.29, 1.82) is 0 Å². The van der Waals surface area contributed by atoms with Gasteiger partial charge in [-0.15, -0.1) is 0 Å². The first kappa shape index (κ1) is 12.8. The largest absolute Gasteiger partial charge is 0.504 e. The molecule has 0 fully saturated rings. The van der Waals surface area contributed by atoms with Gasteiger partial charge in [0.1, 0.15) is 12.6 Å². The van der Waals surface area contributed by atoms with E-state index in [9.17, 15) is 10.2 Å². The van der Waals surface area contributed by atoms with Crippen molar-refractivity contribution in [3.8, 4) is 11.5 Å². The van der Waals surface area contributed by atoms with E-state index in [4.69, 9.17) is 5.11 Å². The third-order valence-electron chi connectivity index (χ3n) is 2.34. The molecule has 1 atom stereocenters. The lowest BCUT2D eigenvalue weighted by atomic mass is 10.1. The fourth-order valence-electron chi connectivity index (χ4n) is 1.35. The number of hydrogen-bond acceptors (Lipinski definition) is 3. The average molecular weight is 226 g/mol. The van der Waals surface area contributed by atoms with Gasteiger partial charge in [-0.05, 0) is 38.5 Å². The van der Waals surface area contributed by atoms with Crippen molar-refractivity contribution in [2.75, 3.05) is 6.54 Å². The molecule has 1 rings (SSSR count). The number of hydrogen-bond donors (Lipinski definition) is 4. The standard InChI is InChI=1S/C12H19NO3/c1-12(2,3)13-7-11(16)8-4-5-9(14)10(15)6-8/h4-6,11,13-16H,7H2,1-3H3/p+1. The molecule has 0 aliphatic carbocycles. The highest BCUT2D eigenvalue weighted by Crippen LogP contribution is 2.27. The summed E-state index contributed by atoms with van der Waals surface area (Å²) >= 11 is 0. The van der Waals surface area contributed by atoms with Gasteiger partial charge in [-0.1, -0.05) is 6.07 Å². The molecule has 0 heterocycles. The first-order valence-corrected chi connectivity index (χ1v) is 5.34. The molecule has 1 aromatic carbocycles. The van der Waals surface area contributed by atoms with Gasteiger partial charge in [0, 0.05) is 0 Å². The van der Waals surface area contributed by atoms with Crippen LogP contribution in [0.25, 0.3) is 0 Å². The van der Waals surface area contributed by atoms with Crippen molar-refractivity contribution < 1.29 is 20.6 Å². The normalized spacial score (nSPS) is 13.8. The smallest absolute Gasteiger partial charge is 0.157 e. The van der Waals surface area contributed by atoms with Crippen molar-refractivity contribution >= 4 is 0 Å². The lowest BCUT2D eigenvalue weighted by Gasteiger charge is -2.19. The van der Waals surface area contributed by atoms with Crippen LogP contribution in [0.3, 0.4) is 0 Å². The van der Waals surface area contributed by atoms with Gasteiger partial charge in [-0.25, -0.2) is 0 Å². The molecule has 0 spiro atoms. The third kappa shape index (κ3) is 3.72. The molecule has 0 amide bonds. The van der Waals surface area contributed by atoms with Crippen molar-refractivity contribution in [1.82, 2.24) is 0 Å². The van der Waals surface area contributed by atoms with Gasteiger partial charge in [-0.2, -0.15) is 0 Å². The Morgan fingerprint density at radius 1 is 1.19 bits per heavy atom. The minimum Gasteiger partial charge on any atom is -0.504 e. The predicted octanol–water partition coefficient (Wildman–Crippen LogP) is 0.493. The quantitative estimate of drug-likeness (QED) is 0.567. The number of phenols is 2. The Hall–Kier alpha value is -1.26. The van der Waals surface area contributed by atoms with Gasteiger partial charge >= 0.3 is 0 Å². The number of nitrogens with two attached hydrogens (primary N) is 1. The monoisotopic (exact) mass is 226 g/mol. The maximum Gasteiger partial charge on any atom is 0.157 e. The van der Waals surface area contributed by atoms with Gasteiger partial charge < -0.3 is 20.6 Å². The second-order valence-electron chi connectivity index (χ2n) is 5.07. The zero-order valence-electron chi connectivity index (χ0n) is 9.94. The van der Waals surface area contributed by atoms with Gasteiger partial charge in [0.15, 0.2) is 11.5 Å². The lowest BCUT2D eigenvalue weighted by molar-refractivity contribution is -0.722. The van der Waals surface area contributed by atoms with Gasteiger partial charge in [0.2, 0.25) is 0 Å². The second-order valence-corrected chi connectivity index (χ2v) is 5.07. The van der Waals surface area contributed by atoms with E-state index in [2.05, 4.69) is 20.8 Å². The highest BCUT2D eigenvalue weighted by atomic mass is 16.3. The Labute approximate surface area is 95.6 Å². The summed E-state index contributed by atoms with van der Waals surface area (Å²) in [4.78, 5) is 0. The molecule has 1 unspecified atom stereocenters. The molecule has 0 aromatic heterocycles. The van der Waals surface area contributed by atoms with Crippen molar-refractivity contribution in [2.45, 2.75) is 32.4 Å². The molecular formula is C12H20NO3+. The van der Waals surface area contributed by atoms with Crippen molar-refractivity contribution in [3.05, 3.63) is 23.8 Å².